The molecule has 1 aromatic heterocycles. The summed E-state index contributed by atoms with van der Waals surface area (Å²) in [5.41, 5.74) is 0. The fraction of sp³-hybridized carbons (Fsp3) is 0.429. The maximum absolute atomic E-state index is 10.3. The summed E-state index contributed by atoms with van der Waals surface area (Å²) in [6.45, 7) is 0. The van der Waals surface area contributed by atoms with Crippen LogP contribution in [0.25, 0.3) is 0 Å². The van der Waals surface area contributed by atoms with Crippen molar-refractivity contribution in [2.45, 2.75) is 12.8 Å². The average Bonchev–Trinajstić information content (AvgIpc) is 2.48. The zero-order valence-corrected chi connectivity index (χ0v) is 8.73. The van der Waals surface area contributed by atoms with Gasteiger partial charge in [-0.2, -0.15) is 0 Å². The SMILES string of the molecule is O=[N+]([O-])c1ccc(CCCBr)s1. The molecule has 0 unspecified atom stereocenters. The lowest BCUT2D eigenvalue weighted by atomic mass is 10.3. The van der Waals surface area contributed by atoms with Crippen LogP contribution < -0.4 is 0 Å². The number of hydrogen-bond acceptors (Lipinski definition) is 3. The Morgan fingerprint density at radius 1 is 1.58 bits per heavy atom. The lowest BCUT2D eigenvalue weighted by Crippen LogP contribution is -1.81. The van der Waals surface area contributed by atoms with Crippen molar-refractivity contribution in [3.63, 3.8) is 0 Å². The van der Waals surface area contributed by atoms with Crippen molar-refractivity contribution in [1.29, 1.82) is 0 Å². The smallest absolute Gasteiger partial charge is 0.258 e. The summed E-state index contributed by atoms with van der Waals surface area (Å²) >= 11 is 4.57. The van der Waals surface area contributed by atoms with E-state index in [4.69, 9.17) is 0 Å². The molecule has 66 valence electrons. The first-order chi connectivity index (χ1) is 5.74. The van der Waals surface area contributed by atoms with Crippen molar-refractivity contribution in [1.82, 2.24) is 0 Å². The van der Waals surface area contributed by atoms with E-state index >= 15 is 0 Å². The van der Waals surface area contributed by atoms with Crippen molar-refractivity contribution < 1.29 is 4.92 Å². The molecule has 3 nitrogen and oxygen atoms in total. The van der Waals surface area contributed by atoms with Crippen molar-refractivity contribution in [3.05, 3.63) is 27.1 Å². The van der Waals surface area contributed by atoms with Gasteiger partial charge in [0.15, 0.2) is 0 Å². The van der Waals surface area contributed by atoms with Gasteiger partial charge in [-0.05, 0) is 18.9 Å². The van der Waals surface area contributed by atoms with Crippen LogP contribution in [-0.2, 0) is 6.42 Å². The van der Waals surface area contributed by atoms with Gasteiger partial charge in [-0.1, -0.05) is 27.3 Å². The van der Waals surface area contributed by atoms with Crippen LogP contribution in [0.2, 0.25) is 0 Å². The van der Waals surface area contributed by atoms with Crippen LogP contribution in [0.5, 0.6) is 0 Å². The summed E-state index contributed by atoms with van der Waals surface area (Å²) in [6.07, 6.45) is 1.95. The van der Waals surface area contributed by atoms with E-state index in [-0.39, 0.29) is 9.92 Å². The molecule has 0 fully saturated rings. The standard InChI is InChI=1S/C7H8BrNO2S/c8-5-1-2-6-3-4-7(12-6)9(10)11/h3-4H,1-2,5H2. The summed E-state index contributed by atoms with van der Waals surface area (Å²) < 4.78 is 0. The topological polar surface area (TPSA) is 43.1 Å². The molecule has 0 atom stereocenters. The molecule has 0 N–H and O–H groups in total. The van der Waals surface area contributed by atoms with E-state index in [9.17, 15) is 10.1 Å². The van der Waals surface area contributed by atoms with Gasteiger partial charge in [0.05, 0.1) is 4.92 Å². The monoisotopic (exact) mass is 249 g/mol. The highest BCUT2D eigenvalue weighted by atomic mass is 79.9. The van der Waals surface area contributed by atoms with Crippen LogP contribution in [-0.4, -0.2) is 10.3 Å². The minimum absolute atomic E-state index is 0.236. The van der Waals surface area contributed by atoms with E-state index in [1.54, 1.807) is 6.07 Å². The Kier molecular flexibility index (Phi) is 3.68. The Morgan fingerprint density at radius 2 is 2.33 bits per heavy atom. The Morgan fingerprint density at radius 3 is 2.83 bits per heavy atom. The van der Waals surface area contributed by atoms with E-state index < -0.39 is 0 Å². The molecule has 0 amide bonds. The van der Waals surface area contributed by atoms with Gasteiger partial charge in [-0.3, -0.25) is 10.1 Å². The van der Waals surface area contributed by atoms with Gasteiger partial charge in [0.25, 0.3) is 0 Å². The zero-order valence-electron chi connectivity index (χ0n) is 6.33. The molecule has 12 heavy (non-hydrogen) atoms. The van der Waals surface area contributed by atoms with E-state index in [2.05, 4.69) is 15.9 Å². The molecular weight excluding hydrogens is 242 g/mol. The van der Waals surface area contributed by atoms with Gasteiger partial charge in [-0.25, -0.2) is 0 Å². The van der Waals surface area contributed by atoms with Gasteiger partial charge < -0.3 is 0 Å². The maximum Gasteiger partial charge on any atom is 0.324 e. The summed E-state index contributed by atoms with van der Waals surface area (Å²) in [7, 11) is 0. The quantitative estimate of drug-likeness (QED) is 0.468. The molecule has 0 radical (unpaired) electrons. The van der Waals surface area contributed by atoms with Crippen LogP contribution in [0.3, 0.4) is 0 Å². The number of aryl methyl sites for hydroxylation is 1. The molecule has 0 aliphatic rings. The third-order valence-electron chi connectivity index (χ3n) is 1.38. The molecule has 0 aromatic carbocycles. The highest BCUT2D eigenvalue weighted by Gasteiger charge is 2.08. The Hall–Kier alpha value is -0.420. The second kappa shape index (κ2) is 4.57. The predicted octanol–water partition coefficient (Wildman–Crippen LogP) is 2.98. The summed E-state index contributed by atoms with van der Waals surface area (Å²) in [5.74, 6) is 0. The molecule has 1 heterocycles. The zero-order chi connectivity index (χ0) is 8.97. The van der Waals surface area contributed by atoms with Gasteiger partial charge in [-0.15, -0.1) is 0 Å². The lowest BCUT2D eigenvalue weighted by molar-refractivity contribution is -0.380. The normalized spacial score (nSPS) is 10.1. The van der Waals surface area contributed by atoms with E-state index in [1.165, 1.54) is 11.3 Å². The molecule has 5 heteroatoms. The van der Waals surface area contributed by atoms with Gasteiger partial charge >= 0.3 is 5.00 Å². The van der Waals surface area contributed by atoms with Crippen molar-refractivity contribution >= 4 is 32.3 Å². The van der Waals surface area contributed by atoms with Gasteiger partial charge in [0, 0.05) is 16.3 Å². The van der Waals surface area contributed by atoms with E-state index in [0.29, 0.717) is 0 Å². The first-order valence-electron chi connectivity index (χ1n) is 3.53. The molecule has 0 saturated carbocycles. The van der Waals surface area contributed by atoms with Gasteiger partial charge in [0.2, 0.25) is 0 Å². The van der Waals surface area contributed by atoms with Crippen molar-refractivity contribution in [2.75, 3.05) is 5.33 Å². The Bertz CT molecular complexity index is 274. The molecule has 0 bridgehead atoms. The molecule has 0 aliphatic carbocycles. The van der Waals surface area contributed by atoms with Crippen molar-refractivity contribution in [3.8, 4) is 0 Å². The molecule has 0 saturated heterocycles. The fourth-order valence-electron chi connectivity index (χ4n) is 0.840. The number of thiophene rings is 1. The summed E-state index contributed by atoms with van der Waals surface area (Å²) in [5, 5.41) is 11.5. The largest absolute Gasteiger partial charge is 0.324 e. The summed E-state index contributed by atoms with van der Waals surface area (Å²) in [6, 6.07) is 3.39. The third kappa shape index (κ3) is 2.57. The Balaban J connectivity index is 2.58. The maximum atomic E-state index is 10.3. The molecule has 1 rings (SSSR count). The van der Waals surface area contributed by atoms with Crippen LogP contribution in [0.1, 0.15) is 11.3 Å². The van der Waals surface area contributed by atoms with E-state index in [1.807, 2.05) is 6.07 Å². The molecular formula is C7H8BrNO2S. The first kappa shape index (κ1) is 9.67. The van der Waals surface area contributed by atoms with Crippen LogP contribution in [0, 0.1) is 10.1 Å². The van der Waals surface area contributed by atoms with Crippen LogP contribution >= 0.6 is 27.3 Å². The summed E-state index contributed by atoms with van der Waals surface area (Å²) in [4.78, 5) is 11.0. The number of halogens is 1. The number of nitrogens with zero attached hydrogens (tertiary/aromatic N) is 1. The third-order valence-corrected chi connectivity index (χ3v) is 3.04. The van der Waals surface area contributed by atoms with Gasteiger partial charge in [0.1, 0.15) is 0 Å². The number of rotatable bonds is 4. The number of nitro groups is 1. The van der Waals surface area contributed by atoms with Crippen LogP contribution in [0.15, 0.2) is 12.1 Å². The number of alkyl halides is 1. The highest BCUT2D eigenvalue weighted by Crippen LogP contribution is 2.24. The lowest BCUT2D eigenvalue weighted by Gasteiger charge is -1.89. The average molecular weight is 250 g/mol. The highest BCUT2D eigenvalue weighted by molar-refractivity contribution is 9.09. The molecule has 0 spiro atoms. The Labute approximate surface area is 82.7 Å². The fourth-order valence-corrected chi connectivity index (χ4v) is 1.98. The second-order valence-electron chi connectivity index (χ2n) is 2.29. The molecule has 0 aliphatic heterocycles. The first-order valence-corrected chi connectivity index (χ1v) is 5.47. The molecule has 1 aromatic rings. The minimum Gasteiger partial charge on any atom is -0.258 e. The van der Waals surface area contributed by atoms with Crippen molar-refractivity contribution in [2.24, 2.45) is 0 Å². The van der Waals surface area contributed by atoms with Crippen LogP contribution in [0.4, 0.5) is 5.00 Å². The second-order valence-corrected chi connectivity index (χ2v) is 4.23. The van der Waals surface area contributed by atoms with E-state index in [0.717, 1.165) is 23.0 Å². The minimum atomic E-state index is -0.345. The number of hydrogen-bond donors (Lipinski definition) is 0. The predicted molar refractivity (Wildman–Crippen MR) is 53.1 cm³/mol.